The highest BCUT2D eigenvalue weighted by atomic mass is 15.4. The van der Waals surface area contributed by atoms with Gasteiger partial charge in [0.25, 0.3) is 0 Å². The van der Waals surface area contributed by atoms with Crippen molar-refractivity contribution in [1.29, 1.82) is 0 Å². The first-order valence-electron chi connectivity index (χ1n) is 9.47. The molecule has 0 spiro atoms. The molecule has 3 heterocycles. The van der Waals surface area contributed by atoms with Crippen molar-refractivity contribution in [1.82, 2.24) is 29.9 Å². The van der Waals surface area contributed by atoms with E-state index in [1.807, 2.05) is 12.4 Å². The molecule has 6 nitrogen and oxygen atoms in total. The Hall–Kier alpha value is -1.69. The maximum atomic E-state index is 4.47. The van der Waals surface area contributed by atoms with E-state index in [0.717, 1.165) is 25.5 Å². The van der Waals surface area contributed by atoms with Crippen molar-refractivity contribution in [2.24, 2.45) is 5.92 Å². The fraction of sp³-hybridized carbons (Fsp3) is 0.722. The molecule has 4 rings (SSSR count). The van der Waals surface area contributed by atoms with E-state index in [0.29, 0.717) is 11.8 Å². The van der Waals surface area contributed by atoms with Crippen LogP contribution in [0.4, 0.5) is 0 Å². The average Bonchev–Trinajstić information content (AvgIpc) is 3.28. The second kappa shape index (κ2) is 7.47. The predicted molar refractivity (Wildman–Crippen MR) is 92.4 cm³/mol. The Morgan fingerprint density at radius 1 is 1.12 bits per heavy atom. The number of likely N-dealkylation sites (tertiary alicyclic amines) is 1. The van der Waals surface area contributed by atoms with E-state index in [1.54, 1.807) is 0 Å². The van der Waals surface area contributed by atoms with Crippen molar-refractivity contribution < 1.29 is 0 Å². The van der Waals surface area contributed by atoms with Crippen molar-refractivity contribution in [3.05, 3.63) is 30.1 Å². The van der Waals surface area contributed by atoms with Crippen molar-refractivity contribution in [3.8, 4) is 0 Å². The summed E-state index contributed by atoms with van der Waals surface area (Å²) in [5.41, 5.74) is 1.22. The summed E-state index contributed by atoms with van der Waals surface area (Å²) in [5, 5.41) is 8.89. The molecule has 0 radical (unpaired) electrons. The standard InChI is InChI=1S/C18H28N6/c1-2-6-16(7-3-1)17-13-24(22-21-17)12-15-5-4-10-23(11-15)14-18-19-8-9-20-18/h8-9,13,15-16H,1-7,10-12,14H2,(H,19,20)/t15-/m1/s1. The van der Waals surface area contributed by atoms with Gasteiger partial charge in [-0.05, 0) is 38.1 Å². The van der Waals surface area contributed by atoms with Crippen LogP contribution < -0.4 is 0 Å². The predicted octanol–water partition coefficient (Wildman–Crippen LogP) is 2.96. The molecular weight excluding hydrogens is 300 g/mol. The lowest BCUT2D eigenvalue weighted by atomic mass is 9.87. The Balaban J connectivity index is 1.32. The molecule has 2 aromatic heterocycles. The van der Waals surface area contributed by atoms with E-state index in [9.17, 15) is 0 Å². The van der Waals surface area contributed by atoms with Gasteiger partial charge in [-0.2, -0.15) is 0 Å². The molecule has 0 unspecified atom stereocenters. The number of hydrogen-bond donors (Lipinski definition) is 1. The third-order valence-corrected chi connectivity index (χ3v) is 5.56. The fourth-order valence-electron chi connectivity index (χ4n) is 4.29. The first kappa shape index (κ1) is 15.8. The number of aromatic amines is 1. The second-order valence-corrected chi connectivity index (χ2v) is 7.48. The van der Waals surface area contributed by atoms with Crippen molar-refractivity contribution in [3.63, 3.8) is 0 Å². The smallest absolute Gasteiger partial charge is 0.120 e. The van der Waals surface area contributed by atoms with E-state index < -0.39 is 0 Å². The van der Waals surface area contributed by atoms with E-state index in [4.69, 9.17) is 0 Å². The Bertz CT molecular complexity index is 613. The lowest BCUT2D eigenvalue weighted by Crippen LogP contribution is -2.36. The monoisotopic (exact) mass is 328 g/mol. The molecule has 1 N–H and O–H groups in total. The van der Waals surface area contributed by atoms with Crippen LogP contribution in [0.3, 0.4) is 0 Å². The highest BCUT2D eigenvalue weighted by Gasteiger charge is 2.23. The molecule has 2 aromatic rings. The molecule has 2 aliphatic rings. The molecule has 0 bridgehead atoms. The van der Waals surface area contributed by atoms with Gasteiger partial charge in [0, 0.05) is 37.6 Å². The maximum Gasteiger partial charge on any atom is 0.120 e. The Kier molecular flexibility index (Phi) is 4.92. The average molecular weight is 328 g/mol. The van der Waals surface area contributed by atoms with Crippen LogP contribution in [-0.2, 0) is 13.1 Å². The number of nitrogens with one attached hydrogen (secondary N) is 1. The van der Waals surface area contributed by atoms with Crippen LogP contribution in [0.25, 0.3) is 0 Å². The van der Waals surface area contributed by atoms with Crippen LogP contribution in [-0.4, -0.2) is 43.0 Å². The summed E-state index contributed by atoms with van der Waals surface area (Å²) in [5.74, 6) is 2.37. The van der Waals surface area contributed by atoms with Gasteiger partial charge in [0.2, 0.25) is 0 Å². The number of nitrogens with zero attached hydrogens (tertiary/aromatic N) is 5. The van der Waals surface area contributed by atoms with Gasteiger partial charge >= 0.3 is 0 Å². The fourth-order valence-corrected chi connectivity index (χ4v) is 4.29. The number of hydrogen-bond acceptors (Lipinski definition) is 4. The van der Waals surface area contributed by atoms with Crippen LogP contribution in [0.15, 0.2) is 18.6 Å². The first-order valence-corrected chi connectivity index (χ1v) is 9.47. The minimum atomic E-state index is 0.648. The van der Waals surface area contributed by atoms with E-state index >= 15 is 0 Å². The Morgan fingerprint density at radius 3 is 2.88 bits per heavy atom. The molecule has 130 valence electrons. The van der Waals surface area contributed by atoms with Crippen LogP contribution in [0.2, 0.25) is 0 Å². The maximum absolute atomic E-state index is 4.47. The van der Waals surface area contributed by atoms with Crippen LogP contribution >= 0.6 is 0 Å². The molecule has 0 amide bonds. The van der Waals surface area contributed by atoms with Gasteiger partial charge in [-0.1, -0.05) is 24.5 Å². The van der Waals surface area contributed by atoms with Gasteiger partial charge in [-0.3, -0.25) is 9.58 Å². The van der Waals surface area contributed by atoms with Crippen molar-refractivity contribution >= 4 is 0 Å². The number of rotatable bonds is 5. The molecule has 2 fully saturated rings. The SMILES string of the molecule is c1c[nH]c(CN2CCC[C@@H](Cn3cc(C4CCCCC4)nn3)C2)n1. The first-order chi connectivity index (χ1) is 11.9. The zero-order valence-corrected chi connectivity index (χ0v) is 14.4. The van der Waals surface area contributed by atoms with Gasteiger partial charge in [-0.15, -0.1) is 5.10 Å². The molecule has 0 aromatic carbocycles. The number of aromatic nitrogens is 5. The molecule has 6 heteroatoms. The van der Waals surface area contributed by atoms with Crippen molar-refractivity contribution in [2.45, 2.75) is 64.0 Å². The van der Waals surface area contributed by atoms with Gasteiger partial charge in [-0.25, -0.2) is 4.98 Å². The van der Waals surface area contributed by atoms with E-state index in [-0.39, 0.29) is 0 Å². The molecular formula is C18H28N6. The molecule has 1 aliphatic carbocycles. The molecule has 1 saturated heterocycles. The summed E-state index contributed by atoms with van der Waals surface area (Å²) in [6.45, 7) is 4.21. The van der Waals surface area contributed by atoms with Gasteiger partial charge in [0.15, 0.2) is 0 Å². The number of H-pyrrole nitrogens is 1. The topological polar surface area (TPSA) is 62.6 Å². The third-order valence-electron chi connectivity index (χ3n) is 5.56. The highest BCUT2D eigenvalue weighted by molar-refractivity contribution is 5.03. The third kappa shape index (κ3) is 3.86. The van der Waals surface area contributed by atoms with Crippen molar-refractivity contribution in [2.75, 3.05) is 13.1 Å². The summed E-state index contributed by atoms with van der Waals surface area (Å²) < 4.78 is 2.09. The summed E-state index contributed by atoms with van der Waals surface area (Å²) in [6, 6.07) is 0. The summed E-state index contributed by atoms with van der Waals surface area (Å²) >= 11 is 0. The zero-order valence-electron chi connectivity index (χ0n) is 14.4. The summed E-state index contributed by atoms with van der Waals surface area (Å²) in [6.07, 6.45) is 15.2. The Morgan fingerprint density at radius 2 is 2.04 bits per heavy atom. The summed E-state index contributed by atoms with van der Waals surface area (Å²) in [4.78, 5) is 10.1. The molecule has 1 saturated carbocycles. The minimum Gasteiger partial charge on any atom is -0.348 e. The van der Waals surface area contributed by atoms with Crippen LogP contribution in [0.5, 0.6) is 0 Å². The lowest BCUT2D eigenvalue weighted by Gasteiger charge is -2.31. The van der Waals surface area contributed by atoms with Gasteiger partial charge in [0.05, 0.1) is 12.2 Å². The quantitative estimate of drug-likeness (QED) is 0.916. The largest absolute Gasteiger partial charge is 0.348 e. The molecule has 1 atom stereocenters. The second-order valence-electron chi connectivity index (χ2n) is 7.48. The highest BCUT2D eigenvalue weighted by Crippen LogP contribution is 2.31. The normalized spacial score (nSPS) is 23.6. The Labute approximate surface area is 143 Å². The van der Waals surface area contributed by atoms with Gasteiger partial charge in [0.1, 0.15) is 5.82 Å². The minimum absolute atomic E-state index is 0.648. The molecule has 1 aliphatic heterocycles. The zero-order chi connectivity index (χ0) is 16.2. The van der Waals surface area contributed by atoms with E-state index in [1.165, 1.54) is 57.2 Å². The van der Waals surface area contributed by atoms with Crippen LogP contribution in [0.1, 0.15) is 62.4 Å². The van der Waals surface area contributed by atoms with E-state index in [2.05, 4.69) is 36.1 Å². The van der Waals surface area contributed by atoms with Crippen LogP contribution in [0, 0.1) is 5.92 Å². The number of imidazole rings is 1. The van der Waals surface area contributed by atoms with Gasteiger partial charge < -0.3 is 4.98 Å². The number of piperidine rings is 1. The molecule has 24 heavy (non-hydrogen) atoms. The summed E-state index contributed by atoms with van der Waals surface area (Å²) in [7, 11) is 0. The lowest BCUT2D eigenvalue weighted by molar-refractivity contribution is 0.150.